The van der Waals surface area contributed by atoms with E-state index in [4.69, 9.17) is 30.4 Å². The Bertz CT molecular complexity index is 1420. The molecule has 19 nitrogen and oxygen atoms in total. The van der Waals surface area contributed by atoms with Crippen molar-refractivity contribution in [2.24, 2.45) is 5.73 Å². The number of rotatable bonds is 7. The van der Waals surface area contributed by atoms with Crippen molar-refractivity contribution in [1.82, 2.24) is 24.4 Å². The van der Waals surface area contributed by atoms with Crippen molar-refractivity contribution in [3.8, 4) is 0 Å². The van der Waals surface area contributed by atoms with Crippen molar-refractivity contribution in [3.63, 3.8) is 0 Å². The summed E-state index contributed by atoms with van der Waals surface area (Å²) in [6.45, 7) is -1.23. The third-order valence-corrected chi connectivity index (χ3v) is 6.76. The molecule has 5 rings (SSSR count). The fourth-order valence-corrected chi connectivity index (χ4v) is 4.59. The Morgan fingerprint density at radius 1 is 0.929 bits per heavy atom. The number of nitrogen functional groups attached to an aromatic ring is 1. The number of nitrogens with two attached hydrogens (primary N) is 2. The zero-order valence-corrected chi connectivity index (χ0v) is 21.6. The van der Waals surface area contributed by atoms with Gasteiger partial charge in [-0.3, -0.25) is 9.36 Å². The maximum atomic E-state index is 12.0. The summed E-state index contributed by atoms with van der Waals surface area (Å²) in [5.41, 5.74) is 11.8. The van der Waals surface area contributed by atoms with Gasteiger partial charge in [-0.1, -0.05) is 6.08 Å². The summed E-state index contributed by atoms with van der Waals surface area (Å²) in [6.07, 6.45) is -6.39. The van der Waals surface area contributed by atoms with Crippen LogP contribution in [0.4, 0.5) is 15.4 Å². The van der Waals surface area contributed by atoms with Gasteiger partial charge in [0.05, 0.1) is 6.33 Å². The molecule has 8 N–H and O–H groups in total. The van der Waals surface area contributed by atoms with E-state index >= 15 is 0 Å². The van der Waals surface area contributed by atoms with Crippen molar-refractivity contribution >= 4 is 35.2 Å². The molecule has 0 radical (unpaired) electrons. The molecule has 0 spiro atoms. The molecule has 1 amide bonds. The van der Waals surface area contributed by atoms with Crippen LogP contribution in [0.2, 0.25) is 0 Å². The van der Waals surface area contributed by atoms with Gasteiger partial charge in [0.2, 0.25) is 5.91 Å². The number of nitrogens with zero attached hydrogens (tertiary/aromatic N) is 5. The third kappa shape index (κ3) is 5.68. The lowest BCUT2D eigenvalue weighted by Gasteiger charge is -2.28. The number of carbonyl (C=O) groups excluding carboxylic acids is 3. The smallest absolute Gasteiger partial charge is 0.431 e. The number of allylic oxidation sites excluding steroid dienone is 1. The Hall–Kier alpha value is -4.40. The van der Waals surface area contributed by atoms with E-state index in [2.05, 4.69) is 19.7 Å². The predicted molar refractivity (Wildman–Crippen MR) is 133 cm³/mol. The van der Waals surface area contributed by atoms with Gasteiger partial charge in [-0.25, -0.2) is 24.5 Å². The number of aromatic nitrogens is 4. The summed E-state index contributed by atoms with van der Waals surface area (Å²) in [5.74, 6) is -0.564. The van der Waals surface area contributed by atoms with E-state index in [1.807, 2.05) is 0 Å². The fraction of sp³-hybridized carbons (Fsp3) is 0.478. The van der Waals surface area contributed by atoms with Crippen molar-refractivity contribution in [2.75, 3.05) is 18.9 Å². The molecule has 8 atom stereocenters. The molecule has 19 heteroatoms. The average molecular weight is 594 g/mol. The van der Waals surface area contributed by atoms with E-state index in [0.717, 1.165) is 0 Å². The van der Waals surface area contributed by atoms with Crippen molar-refractivity contribution in [1.29, 1.82) is 0 Å². The first-order chi connectivity index (χ1) is 20.0. The predicted octanol–water partition coefficient (Wildman–Crippen LogP) is -2.65. The minimum Gasteiger partial charge on any atom is -0.431 e. The molecule has 0 bridgehead atoms. The van der Waals surface area contributed by atoms with Crippen molar-refractivity contribution in [3.05, 3.63) is 36.7 Å². The van der Waals surface area contributed by atoms with Gasteiger partial charge in [0.1, 0.15) is 61.7 Å². The zero-order valence-electron chi connectivity index (χ0n) is 21.6. The van der Waals surface area contributed by atoms with E-state index in [0.29, 0.717) is 0 Å². The van der Waals surface area contributed by atoms with Crippen LogP contribution >= 0.6 is 0 Å². The van der Waals surface area contributed by atoms with Crippen LogP contribution in [0.5, 0.6) is 0 Å². The molecule has 0 aliphatic carbocycles. The highest BCUT2D eigenvalue weighted by Crippen LogP contribution is 2.32. The summed E-state index contributed by atoms with van der Waals surface area (Å²) < 4.78 is 26.5. The van der Waals surface area contributed by atoms with Gasteiger partial charge in [-0.05, 0) is 6.42 Å². The molecule has 8 unspecified atom stereocenters. The van der Waals surface area contributed by atoms with Gasteiger partial charge >= 0.3 is 12.3 Å². The number of fused-ring (bicyclic) bond motifs is 1. The number of imidazole rings is 1. The van der Waals surface area contributed by atoms with Crippen molar-refractivity contribution < 1.29 is 58.5 Å². The Morgan fingerprint density at radius 3 is 2.19 bits per heavy atom. The van der Waals surface area contributed by atoms with Crippen LogP contribution in [0.1, 0.15) is 12.6 Å². The highest BCUT2D eigenvalue weighted by molar-refractivity contribution is 5.92. The molecule has 2 fully saturated rings. The normalized spacial score (nSPS) is 30.8. The first-order valence-corrected chi connectivity index (χ1v) is 12.5. The topological polar surface area (TPSA) is 277 Å². The Morgan fingerprint density at radius 2 is 1.55 bits per heavy atom. The summed E-state index contributed by atoms with van der Waals surface area (Å²) in [4.78, 5) is 48.7. The van der Waals surface area contributed by atoms with E-state index < -0.39 is 80.5 Å². The van der Waals surface area contributed by atoms with Crippen LogP contribution in [0.25, 0.3) is 11.2 Å². The van der Waals surface area contributed by atoms with E-state index in [9.17, 15) is 34.8 Å². The van der Waals surface area contributed by atoms with Gasteiger partial charge in [0, 0.05) is 18.0 Å². The number of hydrogen-bond acceptors (Lipinski definition) is 17. The number of amides is 1. The standard InChI is InChI=1S/C23H27N7O12/c24-17-12-19(27-7-26-17)30(8-28-12)21-16(34)14(32)11(41-21)6-39-23(37)42-22(36)38-5-10-13(31)15(33)20(40-10)29-3-1-2-9(4-29)18(25)35/h1,3-4,7-8,10-11,13-16,20-21,31-34H,2,5-6H2,(H2,25,35)(H2,24,26,27). The molecule has 2 aromatic heterocycles. The summed E-state index contributed by atoms with van der Waals surface area (Å²) in [7, 11) is 0. The first kappa shape index (κ1) is 29.1. The van der Waals surface area contributed by atoms with E-state index in [1.165, 1.54) is 34.5 Å². The Balaban J connectivity index is 1.09. The van der Waals surface area contributed by atoms with Gasteiger partial charge < -0.3 is 60.5 Å². The summed E-state index contributed by atoms with van der Waals surface area (Å²) in [6, 6.07) is 0. The molecule has 3 aliphatic heterocycles. The highest BCUT2D eigenvalue weighted by Gasteiger charge is 2.46. The molecule has 2 aromatic rings. The van der Waals surface area contributed by atoms with Gasteiger partial charge in [-0.15, -0.1) is 0 Å². The number of ether oxygens (including phenoxy) is 5. The lowest BCUT2D eigenvalue weighted by Crippen LogP contribution is -2.40. The zero-order chi connectivity index (χ0) is 30.1. The monoisotopic (exact) mass is 593 g/mol. The van der Waals surface area contributed by atoms with Gasteiger partial charge in [0.15, 0.2) is 23.9 Å². The minimum absolute atomic E-state index is 0.0985. The van der Waals surface area contributed by atoms with Gasteiger partial charge in [0.25, 0.3) is 0 Å². The molecule has 42 heavy (non-hydrogen) atoms. The molecule has 0 aromatic carbocycles. The number of primary amides is 1. The molecular weight excluding hydrogens is 566 g/mol. The third-order valence-electron chi connectivity index (χ3n) is 6.76. The van der Waals surface area contributed by atoms with Gasteiger partial charge in [-0.2, -0.15) is 0 Å². The molecule has 226 valence electrons. The van der Waals surface area contributed by atoms with Crippen LogP contribution in [0.15, 0.2) is 36.7 Å². The van der Waals surface area contributed by atoms with Crippen LogP contribution in [0, 0.1) is 0 Å². The number of aliphatic hydroxyl groups excluding tert-OH is 4. The largest absolute Gasteiger partial charge is 0.518 e. The van der Waals surface area contributed by atoms with Crippen LogP contribution in [-0.4, -0.2) is 119 Å². The first-order valence-electron chi connectivity index (χ1n) is 12.5. The molecular formula is C23H27N7O12. The highest BCUT2D eigenvalue weighted by atomic mass is 16.8. The number of hydrogen-bond donors (Lipinski definition) is 6. The van der Waals surface area contributed by atoms with Crippen LogP contribution < -0.4 is 11.5 Å². The fourth-order valence-electron chi connectivity index (χ4n) is 4.59. The SMILES string of the molecule is NC(=O)C1=CN(C2OC(COC(=O)OC(=O)OCC3OC(n4cnc5c(N)ncnc54)C(O)C3O)C(O)C2O)C=CC1. The average Bonchev–Trinajstić information content (AvgIpc) is 3.61. The second-order valence-electron chi connectivity index (χ2n) is 9.45. The summed E-state index contributed by atoms with van der Waals surface area (Å²) >= 11 is 0. The molecule has 2 saturated heterocycles. The van der Waals surface area contributed by atoms with E-state index in [1.54, 1.807) is 6.08 Å². The minimum atomic E-state index is -1.50. The molecule has 0 saturated carbocycles. The van der Waals surface area contributed by atoms with Crippen molar-refractivity contribution in [2.45, 2.75) is 55.5 Å². The Kier molecular flexibility index (Phi) is 8.20. The lowest BCUT2D eigenvalue weighted by atomic mass is 10.1. The van der Waals surface area contributed by atoms with Crippen LogP contribution in [-0.2, 0) is 28.5 Å². The Labute approximate surface area is 235 Å². The summed E-state index contributed by atoms with van der Waals surface area (Å²) in [5, 5.41) is 41.5. The molecule has 5 heterocycles. The van der Waals surface area contributed by atoms with E-state index in [-0.39, 0.29) is 29.0 Å². The van der Waals surface area contributed by atoms with Crippen LogP contribution in [0.3, 0.4) is 0 Å². The number of carbonyl (C=O) groups is 3. The second kappa shape index (κ2) is 11.8. The maximum absolute atomic E-state index is 12.0. The maximum Gasteiger partial charge on any atom is 0.518 e. The number of aliphatic hydroxyl groups is 4. The quantitative estimate of drug-likeness (QED) is 0.141. The molecule has 3 aliphatic rings. The second-order valence-corrected chi connectivity index (χ2v) is 9.45. The lowest BCUT2D eigenvalue weighted by molar-refractivity contribution is -0.115. The number of anilines is 1.